The number of aromatic amines is 1. The number of anilines is 1. The van der Waals surface area contributed by atoms with Gasteiger partial charge in [-0.05, 0) is 32.1 Å². The van der Waals surface area contributed by atoms with Gasteiger partial charge in [0.05, 0.1) is 23.3 Å². The molecule has 0 atom stereocenters. The van der Waals surface area contributed by atoms with Crippen molar-refractivity contribution in [1.29, 1.82) is 0 Å². The number of aromatic nitrogens is 3. The van der Waals surface area contributed by atoms with E-state index < -0.39 is 11.9 Å². The number of carbonyl (C=O) groups excluding carboxylic acids is 3. The first-order valence-electron chi connectivity index (χ1n) is 8.59. The summed E-state index contributed by atoms with van der Waals surface area (Å²) < 4.78 is 5.10. The summed E-state index contributed by atoms with van der Waals surface area (Å²) >= 11 is 0. The lowest BCUT2D eigenvalue weighted by Crippen LogP contribution is -2.08. The molecule has 1 amide bonds. The second-order valence-corrected chi connectivity index (χ2v) is 5.88. The van der Waals surface area contributed by atoms with Gasteiger partial charge in [-0.15, -0.1) is 0 Å². The van der Waals surface area contributed by atoms with Crippen molar-refractivity contribution in [1.82, 2.24) is 15.0 Å². The molecule has 0 unspecified atom stereocenters. The van der Waals surface area contributed by atoms with Gasteiger partial charge in [0, 0.05) is 23.5 Å². The summed E-state index contributed by atoms with van der Waals surface area (Å²) in [6.45, 7) is 3.35. The molecule has 0 fully saturated rings. The van der Waals surface area contributed by atoms with Gasteiger partial charge in [-0.25, -0.2) is 14.8 Å². The highest BCUT2D eigenvalue weighted by Gasteiger charge is 2.19. The molecular formula is C20H18N4O4. The predicted molar refractivity (Wildman–Crippen MR) is 104 cm³/mol. The topological polar surface area (TPSA) is 114 Å². The minimum Gasteiger partial charge on any atom is -0.462 e. The normalized spacial score (nSPS) is 10.9. The van der Waals surface area contributed by atoms with Crippen molar-refractivity contribution in [3.63, 3.8) is 0 Å². The molecule has 0 bridgehead atoms. The number of fused-ring (bicyclic) bond motifs is 1. The van der Waals surface area contributed by atoms with Gasteiger partial charge < -0.3 is 15.0 Å². The molecule has 2 heterocycles. The van der Waals surface area contributed by atoms with Crippen LogP contribution in [-0.2, 0) is 14.3 Å². The van der Waals surface area contributed by atoms with Crippen molar-refractivity contribution in [2.24, 2.45) is 0 Å². The number of ether oxygens (including phenoxy) is 1. The molecule has 1 aromatic carbocycles. The maximum absolute atomic E-state index is 12.3. The summed E-state index contributed by atoms with van der Waals surface area (Å²) in [4.78, 5) is 46.5. The molecule has 3 aromatic rings. The van der Waals surface area contributed by atoms with Crippen LogP contribution in [0, 0.1) is 0 Å². The van der Waals surface area contributed by atoms with Gasteiger partial charge >= 0.3 is 5.97 Å². The summed E-state index contributed by atoms with van der Waals surface area (Å²) in [6, 6.07) is 7.00. The first kappa shape index (κ1) is 19.0. The Balaban J connectivity index is 1.99. The van der Waals surface area contributed by atoms with Crippen LogP contribution in [-0.4, -0.2) is 39.2 Å². The third-order valence-electron chi connectivity index (χ3n) is 3.84. The molecule has 0 aliphatic carbocycles. The van der Waals surface area contributed by atoms with Crippen LogP contribution in [0.15, 0.2) is 48.9 Å². The second-order valence-electron chi connectivity index (χ2n) is 5.88. The smallest absolute Gasteiger partial charge is 0.340 e. The van der Waals surface area contributed by atoms with E-state index in [0.29, 0.717) is 33.5 Å². The number of hydrogen-bond acceptors (Lipinski definition) is 6. The Bertz CT molecular complexity index is 1080. The van der Waals surface area contributed by atoms with Gasteiger partial charge in [-0.1, -0.05) is 12.1 Å². The molecule has 8 heteroatoms. The molecule has 3 rings (SSSR count). The first-order chi connectivity index (χ1) is 13.5. The lowest BCUT2D eigenvalue weighted by atomic mass is 10.1. The molecule has 0 saturated heterocycles. The largest absolute Gasteiger partial charge is 0.462 e. The maximum Gasteiger partial charge on any atom is 0.340 e. The van der Waals surface area contributed by atoms with Crippen LogP contribution >= 0.6 is 0 Å². The average Bonchev–Trinajstić information content (AvgIpc) is 3.11. The third-order valence-corrected chi connectivity index (χ3v) is 3.84. The van der Waals surface area contributed by atoms with Crippen molar-refractivity contribution in [2.45, 2.75) is 13.8 Å². The van der Waals surface area contributed by atoms with Gasteiger partial charge in [0.25, 0.3) is 0 Å². The molecule has 0 aliphatic heterocycles. The monoisotopic (exact) mass is 378 g/mol. The lowest BCUT2D eigenvalue weighted by molar-refractivity contribution is -0.114. The molecule has 28 heavy (non-hydrogen) atoms. The number of allylic oxidation sites excluding steroid dienone is 1. The molecule has 142 valence electrons. The fourth-order valence-electron chi connectivity index (χ4n) is 2.67. The van der Waals surface area contributed by atoms with Gasteiger partial charge in [-0.3, -0.25) is 9.59 Å². The SMILES string of the molecule is CCOC(=O)c1c[nH]c2ncnc(-c3cccc(NC(=O)C=CC(C)=O)c3)c12. The Hall–Kier alpha value is -3.81. The molecule has 0 radical (unpaired) electrons. The Labute approximate surface area is 160 Å². The van der Waals surface area contributed by atoms with Gasteiger partial charge in [-0.2, -0.15) is 0 Å². The molecule has 0 spiro atoms. The number of nitrogens with zero attached hydrogens (tertiary/aromatic N) is 2. The minimum absolute atomic E-state index is 0.216. The highest BCUT2D eigenvalue weighted by molar-refractivity contribution is 6.08. The molecule has 2 N–H and O–H groups in total. The lowest BCUT2D eigenvalue weighted by Gasteiger charge is -2.08. The highest BCUT2D eigenvalue weighted by atomic mass is 16.5. The quantitative estimate of drug-likeness (QED) is 0.504. The minimum atomic E-state index is -0.469. The summed E-state index contributed by atoms with van der Waals surface area (Å²) in [7, 11) is 0. The first-order valence-corrected chi connectivity index (χ1v) is 8.59. The second kappa shape index (κ2) is 8.26. The van der Waals surface area contributed by atoms with E-state index in [0.717, 1.165) is 0 Å². The number of hydrogen-bond donors (Lipinski definition) is 2. The average molecular weight is 378 g/mol. The Morgan fingerprint density at radius 1 is 1.21 bits per heavy atom. The number of amides is 1. The number of ketones is 1. The number of nitrogens with one attached hydrogen (secondary N) is 2. The van der Waals surface area contributed by atoms with Crippen LogP contribution in [0.5, 0.6) is 0 Å². The van der Waals surface area contributed by atoms with Crippen molar-refractivity contribution in [2.75, 3.05) is 11.9 Å². The van der Waals surface area contributed by atoms with Gasteiger partial charge in [0.2, 0.25) is 5.91 Å². The van der Waals surface area contributed by atoms with E-state index in [1.165, 1.54) is 25.4 Å². The number of esters is 1. The van der Waals surface area contributed by atoms with E-state index in [-0.39, 0.29) is 12.4 Å². The standard InChI is InChI=1S/C20H18N4O4/c1-3-28-20(27)15-10-21-19-17(15)18(22-11-23-19)13-5-4-6-14(9-13)24-16(26)8-7-12(2)25/h4-11H,3H2,1-2H3,(H,24,26)(H,21,22,23). The van der Waals surface area contributed by atoms with E-state index in [2.05, 4.69) is 20.3 Å². The summed E-state index contributed by atoms with van der Waals surface area (Å²) in [5, 5.41) is 3.23. The Morgan fingerprint density at radius 3 is 2.79 bits per heavy atom. The highest BCUT2D eigenvalue weighted by Crippen LogP contribution is 2.30. The van der Waals surface area contributed by atoms with E-state index in [4.69, 9.17) is 4.74 Å². The summed E-state index contributed by atoms with van der Waals surface area (Å²) in [5.41, 5.74) is 2.59. The molecule has 0 saturated carbocycles. The van der Waals surface area contributed by atoms with E-state index in [1.54, 1.807) is 31.3 Å². The van der Waals surface area contributed by atoms with Crippen molar-refractivity contribution in [3.8, 4) is 11.3 Å². The predicted octanol–water partition coefficient (Wildman–Crippen LogP) is 2.89. The fourth-order valence-corrected chi connectivity index (χ4v) is 2.67. The number of benzene rings is 1. The Morgan fingerprint density at radius 2 is 2.04 bits per heavy atom. The number of carbonyl (C=O) groups is 3. The molecule has 0 aliphatic rings. The number of rotatable bonds is 6. The van der Waals surface area contributed by atoms with Crippen LogP contribution in [0.1, 0.15) is 24.2 Å². The zero-order valence-electron chi connectivity index (χ0n) is 15.4. The molecule has 8 nitrogen and oxygen atoms in total. The van der Waals surface area contributed by atoms with Crippen molar-refractivity contribution >= 4 is 34.4 Å². The van der Waals surface area contributed by atoms with Crippen LogP contribution in [0.4, 0.5) is 5.69 Å². The zero-order valence-corrected chi connectivity index (χ0v) is 15.4. The third kappa shape index (κ3) is 4.12. The molecular weight excluding hydrogens is 360 g/mol. The Kier molecular flexibility index (Phi) is 5.59. The van der Waals surface area contributed by atoms with Crippen molar-refractivity contribution < 1.29 is 19.1 Å². The van der Waals surface area contributed by atoms with E-state index in [1.807, 2.05) is 6.07 Å². The van der Waals surface area contributed by atoms with Crippen LogP contribution in [0.25, 0.3) is 22.3 Å². The van der Waals surface area contributed by atoms with E-state index in [9.17, 15) is 14.4 Å². The van der Waals surface area contributed by atoms with Crippen LogP contribution < -0.4 is 5.32 Å². The van der Waals surface area contributed by atoms with Gasteiger partial charge in [0.1, 0.15) is 12.0 Å². The van der Waals surface area contributed by atoms with Crippen LogP contribution in [0.3, 0.4) is 0 Å². The van der Waals surface area contributed by atoms with Crippen molar-refractivity contribution in [3.05, 3.63) is 54.5 Å². The van der Waals surface area contributed by atoms with Crippen LogP contribution in [0.2, 0.25) is 0 Å². The van der Waals surface area contributed by atoms with Gasteiger partial charge in [0.15, 0.2) is 5.78 Å². The fraction of sp³-hybridized carbons (Fsp3) is 0.150. The van der Waals surface area contributed by atoms with E-state index >= 15 is 0 Å². The summed E-state index contributed by atoms with van der Waals surface area (Å²) in [5.74, 6) is -1.11. The number of H-pyrrole nitrogens is 1. The summed E-state index contributed by atoms with van der Waals surface area (Å²) in [6.07, 6.45) is 5.30. The molecule has 2 aromatic heterocycles. The maximum atomic E-state index is 12.3. The zero-order chi connectivity index (χ0) is 20.1.